The molecule has 19 heavy (non-hydrogen) atoms. The standard InChI is InChI=1S/C15H19NO3/c1-9-4-14(19-8-15(18)16-3)10(2)13-6-11(7-17)5-12(9)13/h4,7,11H,5-6,8H2,1-3H3,(H,16,18). The molecule has 1 atom stereocenters. The average Bonchev–Trinajstić information content (AvgIpc) is 2.85. The van der Waals surface area contributed by atoms with E-state index in [0.29, 0.717) is 0 Å². The fraction of sp³-hybridized carbons (Fsp3) is 0.467. The van der Waals surface area contributed by atoms with Gasteiger partial charge in [-0.3, -0.25) is 4.79 Å². The summed E-state index contributed by atoms with van der Waals surface area (Å²) in [6, 6.07) is 1.96. The van der Waals surface area contributed by atoms with E-state index >= 15 is 0 Å². The van der Waals surface area contributed by atoms with Crippen LogP contribution >= 0.6 is 0 Å². The summed E-state index contributed by atoms with van der Waals surface area (Å²) in [7, 11) is 1.58. The van der Waals surface area contributed by atoms with Crippen molar-refractivity contribution in [3.8, 4) is 5.75 Å². The minimum absolute atomic E-state index is 0.0205. The van der Waals surface area contributed by atoms with Crippen molar-refractivity contribution in [3.63, 3.8) is 0 Å². The van der Waals surface area contributed by atoms with E-state index in [2.05, 4.69) is 5.32 Å². The molecule has 1 aromatic rings. The number of hydrogen-bond donors (Lipinski definition) is 1. The predicted molar refractivity (Wildman–Crippen MR) is 72.4 cm³/mol. The third kappa shape index (κ3) is 2.62. The fourth-order valence-corrected chi connectivity index (χ4v) is 2.62. The van der Waals surface area contributed by atoms with Crippen molar-refractivity contribution >= 4 is 12.2 Å². The lowest BCUT2D eigenvalue weighted by molar-refractivity contribution is -0.122. The Morgan fingerprint density at radius 2 is 2.11 bits per heavy atom. The first-order valence-corrected chi connectivity index (χ1v) is 6.47. The highest BCUT2D eigenvalue weighted by Gasteiger charge is 2.26. The predicted octanol–water partition coefficient (Wildman–Crippen LogP) is 1.34. The van der Waals surface area contributed by atoms with Crippen LogP contribution in [0.2, 0.25) is 0 Å². The Balaban J connectivity index is 2.26. The highest BCUT2D eigenvalue weighted by Crippen LogP contribution is 2.36. The molecule has 4 heteroatoms. The SMILES string of the molecule is CNC(=O)COc1cc(C)c2c(c1C)CC(C=O)C2. The van der Waals surface area contributed by atoms with Gasteiger partial charge in [-0.15, -0.1) is 0 Å². The van der Waals surface area contributed by atoms with E-state index in [9.17, 15) is 9.59 Å². The van der Waals surface area contributed by atoms with Gasteiger partial charge in [-0.2, -0.15) is 0 Å². The van der Waals surface area contributed by atoms with Gasteiger partial charge in [0.2, 0.25) is 0 Å². The quantitative estimate of drug-likeness (QED) is 0.832. The number of hydrogen-bond acceptors (Lipinski definition) is 3. The van der Waals surface area contributed by atoms with Gasteiger partial charge in [-0.05, 0) is 55.0 Å². The van der Waals surface area contributed by atoms with Gasteiger partial charge in [-0.1, -0.05) is 0 Å². The summed E-state index contributed by atoms with van der Waals surface area (Å²) in [5.74, 6) is 0.677. The summed E-state index contributed by atoms with van der Waals surface area (Å²) in [4.78, 5) is 22.2. The molecular formula is C15H19NO3. The highest BCUT2D eigenvalue weighted by molar-refractivity contribution is 5.77. The molecule has 0 saturated heterocycles. The maximum absolute atomic E-state index is 11.2. The lowest BCUT2D eigenvalue weighted by Crippen LogP contribution is -2.25. The van der Waals surface area contributed by atoms with Crippen molar-refractivity contribution in [2.24, 2.45) is 5.92 Å². The zero-order valence-corrected chi connectivity index (χ0v) is 11.6. The van der Waals surface area contributed by atoms with Crippen molar-refractivity contribution < 1.29 is 14.3 Å². The molecule has 0 heterocycles. The third-order valence-corrected chi connectivity index (χ3v) is 3.77. The number of benzene rings is 1. The lowest BCUT2D eigenvalue weighted by Gasteiger charge is -2.14. The minimum Gasteiger partial charge on any atom is -0.483 e. The van der Waals surface area contributed by atoms with Gasteiger partial charge in [0.05, 0.1) is 0 Å². The maximum Gasteiger partial charge on any atom is 0.257 e. The number of likely N-dealkylation sites (N-methyl/N-ethyl adjacent to an activating group) is 1. The molecule has 1 aliphatic carbocycles. The Morgan fingerprint density at radius 1 is 1.42 bits per heavy atom. The first-order valence-electron chi connectivity index (χ1n) is 6.47. The molecule has 0 bridgehead atoms. The van der Waals surface area contributed by atoms with Crippen LogP contribution in [0.5, 0.6) is 5.75 Å². The molecule has 4 nitrogen and oxygen atoms in total. The van der Waals surface area contributed by atoms with Crippen molar-refractivity contribution in [2.75, 3.05) is 13.7 Å². The number of ether oxygens (including phenoxy) is 1. The first-order chi connectivity index (χ1) is 9.06. The summed E-state index contributed by atoms with van der Waals surface area (Å²) in [5, 5.41) is 2.53. The van der Waals surface area contributed by atoms with E-state index in [1.54, 1.807) is 7.05 Å². The summed E-state index contributed by atoms with van der Waals surface area (Å²) in [5.41, 5.74) is 4.66. The van der Waals surface area contributed by atoms with E-state index < -0.39 is 0 Å². The number of nitrogens with one attached hydrogen (secondary N) is 1. The molecule has 1 aromatic carbocycles. The minimum atomic E-state index is -0.150. The number of fused-ring (bicyclic) bond motifs is 1. The largest absolute Gasteiger partial charge is 0.483 e. The molecule has 102 valence electrons. The van der Waals surface area contributed by atoms with Crippen LogP contribution in [0.25, 0.3) is 0 Å². The zero-order chi connectivity index (χ0) is 14.0. The summed E-state index contributed by atoms with van der Waals surface area (Å²) >= 11 is 0. The Bertz CT molecular complexity index is 523. The fourth-order valence-electron chi connectivity index (χ4n) is 2.62. The molecule has 0 aliphatic heterocycles. The molecule has 2 rings (SSSR count). The number of aldehydes is 1. The molecule has 0 saturated carbocycles. The van der Waals surface area contributed by atoms with Crippen molar-refractivity contribution in [1.29, 1.82) is 0 Å². The third-order valence-electron chi connectivity index (χ3n) is 3.77. The number of carbonyl (C=O) groups excluding carboxylic acids is 2. The van der Waals surface area contributed by atoms with Crippen LogP contribution in [0.15, 0.2) is 6.07 Å². The first kappa shape index (κ1) is 13.6. The van der Waals surface area contributed by atoms with Crippen molar-refractivity contribution in [1.82, 2.24) is 5.32 Å². The topological polar surface area (TPSA) is 55.4 Å². The van der Waals surface area contributed by atoms with Gasteiger partial charge in [-0.25, -0.2) is 0 Å². The van der Waals surface area contributed by atoms with Crippen molar-refractivity contribution in [2.45, 2.75) is 26.7 Å². The van der Waals surface area contributed by atoms with E-state index in [0.717, 1.165) is 36.0 Å². The van der Waals surface area contributed by atoms with Crippen LogP contribution in [0.3, 0.4) is 0 Å². The molecule has 0 aromatic heterocycles. The van der Waals surface area contributed by atoms with Gasteiger partial charge >= 0.3 is 0 Å². The molecule has 1 unspecified atom stereocenters. The van der Waals surface area contributed by atoms with Crippen LogP contribution in [0.1, 0.15) is 22.3 Å². The molecule has 1 aliphatic rings. The Kier molecular flexibility index (Phi) is 3.88. The summed E-state index contributed by atoms with van der Waals surface area (Å²) in [6.45, 7) is 4.04. The smallest absolute Gasteiger partial charge is 0.257 e. The van der Waals surface area contributed by atoms with E-state index in [4.69, 9.17) is 4.74 Å². The normalized spacial score (nSPS) is 16.9. The van der Waals surface area contributed by atoms with Crippen LogP contribution in [0.4, 0.5) is 0 Å². The number of rotatable bonds is 4. The van der Waals surface area contributed by atoms with Crippen LogP contribution in [0, 0.1) is 19.8 Å². The number of carbonyl (C=O) groups is 2. The van der Waals surface area contributed by atoms with Gasteiger partial charge in [0.25, 0.3) is 5.91 Å². The molecule has 1 amide bonds. The van der Waals surface area contributed by atoms with E-state index in [1.807, 2.05) is 19.9 Å². The van der Waals surface area contributed by atoms with Gasteiger partial charge < -0.3 is 14.8 Å². The van der Waals surface area contributed by atoms with Gasteiger partial charge in [0.15, 0.2) is 6.61 Å². The Labute approximate surface area is 113 Å². The Hall–Kier alpha value is -1.84. The molecule has 0 fully saturated rings. The zero-order valence-electron chi connectivity index (χ0n) is 11.6. The second-order valence-electron chi connectivity index (χ2n) is 5.04. The number of amides is 1. The van der Waals surface area contributed by atoms with Gasteiger partial charge in [0, 0.05) is 13.0 Å². The number of aryl methyl sites for hydroxylation is 1. The summed E-state index contributed by atoms with van der Waals surface area (Å²) in [6.07, 6.45) is 2.63. The maximum atomic E-state index is 11.2. The van der Waals surface area contributed by atoms with Crippen LogP contribution in [-0.2, 0) is 22.4 Å². The second kappa shape index (κ2) is 5.43. The van der Waals surface area contributed by atoms with Gasteiger partial charge in [0.1, 0.15) is 12.0 Å². The van der Waals surface area contributed by atoms with Crippen molar-refractivity contribution in [3.05, 3.63) is 28.3 Å². The monoisotopic (exact) mass is 261 g/mol. The highest BCUT2D eigenvalue weighted by atomic mass is 16.5. The van der Waals surface area contributed by atoms with Crippen LogP contribution in [-0.4, -0.2) is 25.8 Å². The second-order valence-corrected chi connectivity index (χ2v) is 5.04. The molecule has 1 N–H and O–H groups in total. The molecule has 0 radical (unpaired) electrons. The van der Waals surface area contributed by atoms with Crippen LogP contribution < -0.4 is 10.1 Å². The van der Waals surface area contributed by atoms with E-state index in [-0.39, 0.29) is 18.4 Å². The van der Waals surface area contributed by atoms with E-state index in [1.165, 1.54) is 11.1 Å². The molecule has 0 spiro atoms. The summed E-state index contributed by atoms with van der Waals surface area (Å²) < 4.78 is 5.56. The molecular weight excluding hydrogens is 242 g/mol. The Morgan fingerprint density at radius 3 is 2.74 bits per heavy atom. The lowest BCUT2D eigenvalue weighted by atomic mass is 9.99. The average molecular weight is 261 g/mol.